The van der Waals surface area contributed by atoms with Crippen molar-refractivity contribution >= 4 is 11.3 Å². The minimum Gasteiger partial charge on any atom is -0.396 e. The molecule has 3 N–H and O–H groups in total. The van der Waals surface area contributed by atoms with Gasteiger partial charge in [0.1, 0.15) is 5.82 Å². The summed E-state index contributed by atoms with van der Waals surface area (Å²) >= 11 is 0. The van der Waals surface area contributed by atoms with E-state index in [4.69, 9.17) is 0 Å². The van der Waals surface area contributed by atoms with Crippen molar-refractivity contribution in [2.75, 3.05) is 18.5 Å². The van der Waals surface area contributed by atoms with Gasteiger partial charge in [-0.15, -0.1) is 0 Å². The Kier molecular flexibility index (Phi) is 5.49. The Morgan fingerprint density at radius 3 is 2.91 bits per heavy atom. The molecule has 3 aromatic rings. The SMILES string of the molecule is CC(CO)c1cnc2c(NCCC3=CNC4C=CC=CC34)cc(-c3cncc(F)c3)cn12. The number of hydrogen-bond acceptors (Lipinski definition) is 5. The largest absolute Gasteiger partial charge is 0.396 e. The lowest BCUT2D eigenvalue weighted by Gasteiger charge is -2.19. The molecule has 0 fully saturated rings. The average Bonchev–Trinajstić information content (AvgIpc) is 3.43. The molecule has 0 bridgehead atoms. The van der Waals surface area contributed by atoms with E-state index in [0.717, 1.165) is 35.6 Å². The van der Waals surface area contributed by atoms with Gasteiger partial charge in [-0.3, -0.25) is 4.98 Å². The number of rotatable bonds is 7. The van der Waals surface area contributed by atoms with Crippen LogP contribution in [-0.2, 0) is 0 Å². The number of nitrogens with one attached hydrogen (secondary N) is 2. The Hall–Kier alpha value is -3.45. The van der Waals surface area contributed by atoms with Crippen LogP contribution in [0, 0.1) is 11.7 Å². The van der Waals surface area contributed by atoms with Crippen LogP contribution in [0.1, 0.15) is 25.0 Å². The molecule has 0 spiro atoms. The normalized spacial score (nSPS) is 20.2. The first kappa shape index (κ1) is 20.5. The van der Waals surface area contributed by atoms with Gasteiger partial charge in [0, 0.05) is 53.8 Å². The topological polar surface area (TPSA) is 74.5 Å². The molecule has 0 saturated carbocycles. The van der Waals surface area contributed by atoms with Gasteiger partial charge in [0.15, 0.2) is 5.65 Å². The fourth-order valence-corrected chi connectivity index (χ4v) is 4.42. The molecule has 3 unspecified atom stereocenters. The number of hydrogen-bond donors (Lipinski definition) is 3. The van der Waals surface area contributed by atoms with Gasteiger partial charge in [0.05, 0.1) is 24.5 Å². The van der Waals surface area contributed by atoms with Crippen LogP contribution in [0.15, 0.2) is 73.0 Å². The smallest absolute Gasteiger partial charge is 0.160 e. The third kappa shape index (κ3) is 3.80. The lowest BCUT2D eigenvalue weighted by Crippen LogP contribution is -2.25. The second-order valence-corrected chi connectivity index (χ2v) is 8.38. The maximum atomic E-state index is 13.8. The molecule has 5 rings (SSSR count). The summed E-state index contributed by atoms with van der Waals surface area (Å²) in [7, 11) is 0. The van der Waals surface area contributed by atoms with E-state index in [-0.39, 0.29) is 18.3 Å². The van der Waals surface area contributed by atoms with E-state index in [1.807, 2.05) is 23.6 Å². The second-order valence-electron chi connectivity index (χ2n) is 8.38. The first-order chi connectivity index (χ1) is 15.6. The number of aliphatic hydroxyl groups excluding tert-OH is 1. The molecule has 0 radical (unpaired) electrons. The van der Waals surface area contributed by atoms with Crippen LogP contribution in [0.25, 0.3) is 16.8 Å². The Labute approximate surface area is 186 Å². The summed E-state index contributed by atoms with van der Waals surface area (Å²) in [5.74, 6) is -0.0528. The quantitative estimate of drug-likeness (QED) is 0.527. The molecule has 1 aliphatic carbocycles. The molecule has 7 heteroatoms. The van der Waals surface area contributed by atoms with E-state index in [1.165, 1.54) is 17.8 Å². The Balaban J connectivity index is 1.44. The highest BCUT2D eigenvalue weighted by Crippen LogP contribution is 2.31. The third-order valence-corrected chi connectivity index (χ3v) is 6.20. The van der Waals surface area contributed by atoms with Gasteiger partial charge in [-0.05, 0) is 30.3 Å². The predicted molar refractivity (Wildman–Crippen MR) is 124 cm³/mol. The van der Waals surface area contributed by atoms with Gasteiger partial charge in [0.2, 0.25) is 0 Å². The first-order valence-electron chi connectivity index (χ1n) is 10.9. The highest BCUT2D eigenvalue weighted by atomic mass is 19.1. The summed E-state index contributed by atoms with van der Waals surface area (Å²) < 4.78 is 15.8. The number of fused-ring (bicyclic) bond motifs is 2. The first-order valence-corrected chi connectivity index (χ1v) is 10.9. The van der Waals surface area contributed by atoms with Crippen molar-refractivity contribution in [2.45, 2.75) is 25.3 Å². The molecule has 3 aromatic heterocycles. The minimum atomic E-state index is -0.378. The van der Waals surface area contributed by atoms with Crippen molar-refractivity contribution in [1.29, 1.82) is 0 Å². The Morgan fingerprint density at radius 1 is 1.19 bits per heavy atom. The molecule has 1 aliphatic heterocycles. The summed E-state index contributed by atoms with van der Waals surface area (Å²) in [5.41, 5.74) is 5.44. The molecule has 2 aliphatic rings. The van der Waals surface area contributed by atoms with Gasteiger partial charge >= 0.3 is 0 Å². The van der Waals surface area contributed by atoms with Crippen LogP contribution in [0.3, 0.4) is 0 Å². The fourth-order valence-electron chi connectivity index (χ4n) is 4.42. The van der Waals surface area contributed by atoms with E-state index < -0.39 is 0 Å². The third-order valence-electron chi connectivity index (χ3n) is 6.20. The zero-order valence-corrected chi connectivity index (χ0v) is 17.9. The van der Waals surface area contributed by atoms with Crippen LogP contribution in [0.5, 0.6) is 0 Å². The molecule has 32 heavy (non-hydrogen) atoms. The van der Waals surface area contributed by atoms with Gasteiger partial charge in [-0.2, -0.15) is 0 Å². The zero-order chi connectivity index (χ0) is 22.1. The number of anilines is 1. The van der Waals surface area contributed by atoms with Crippen molar-refractivity contribution in [1.82, 2.24) is 19.7 Å². The van der Waals surface area contributed by atoms with Crippen LogP contribution >= 0.6 is 0 Å². The van der Waals surface area contributed by atoms with Crippen molar-refractivity contribution in [3.63, 3.8) is 0 Å². The van der Waals surface area contributed by atoms with Crippen molar-refractivity contribution in [3.8, 4) is 11.1 Å². The van der Waals surface area contributed by atoms with Crippen molar-refractivity contribution in [3.05, 3.63) is 84.5 Å². The molecule has 6 nitrogen and oxygen atoms in total. The van der Waals surface area contributed by atoms with Gasteiger partial charge in [-0.25, -0.2) is 9.37 Å². The molecule has 0 amide bonds. The number of aliphatic hydroxyl groups is 1. The highest BCUT2D eigenvalue weighted by Gasteiger charge is 2.26. The number of imidazole rings is 1. The highest BCUT2D eigenvalue weighted by molar-refractivity contribution is 5.76. The standard InChI is InChI=1S/C25H26FN5O/c1-16(15-32)24-13-30-25-23(9-19(14-31(24)25)18-8-20(26)12-27-10-18)28-7-6-17-11-29-22-5-3-2-4-21(17)22/h2-5,8-14,16,21-22,28-29,32H,6-7,15H2,1H3. The Morgan fingerprint density at radius 2 is 2.06 bits per heavy atom. The maximum absolute atomic E-state index is 13.8. The predicted octanol–water partition coefficient (Wildman–Crippen LogP) is 4.03. The number of pyridine rings is 2. The van der Waals surface area contributed by atoms with Crippen LogP contribution < -0.4 is 10.6 Å². The number of nitrogens with zero attached hydrogens (tertiary/aromatic N) is 3. The summed E-state index contributed by atoms with van der Waals surface area (Å²) in [6, 6.07) is 3.81. The molecule has 164 valence electrons. The summed E-state index contributed by atoms with van der Waals surface area (Å²) in [6.45, 7) is 2.72. The summed E-state index contributed by atoms with van der Waals surface area (Å²) in [6.07, 6.45) is 18.2. The van der Waals surface area contributed by atoms with Crippen LogP contribution in [0.2, 0.25) is 0 Å². The molecule has 0 saturated heterocycles. The monoisotopic (exact) mass is 431 g/mol. The Bertz CT molecular complexity index is 1230. The number of aromatic nitrogens is 3. The van der Waals surface area contributed by atoms with E-state index in [0.29, 0.717) is 17.5 Å². The summed E-state index contributed by atoms with van der Waals surface area (Å²) in [4.78, 5) is 8.61. The fraction of sp³-hybridized carbons (Fsp3) is 0.280. The maximum Gasteiger partial charge on any atom is 0.160 e. The second kappa shape index (κ2) is 8.59. The van der Waals surface area contributed by atoms with Crippen LogP contribution in [0.4, 0.5) is 10.1 Å². The van der Waals surface area contributed by atoms with Gasteiger partial charge in [0.25, 0.3) is 0 Å². The van der Waals surface area contributed by atoms with Gasteiger partial charge in [-0.1, -0.05) is 31.2 Å². The van der Waals surface area contributed by atoms with E-state index in [9.17, 15) is 9.50 Å². The van der Waals surface area contributed by atoms with Crippen molar-refractivity contribution in [2.24, 2.45) is 5.92 Å². The van der Waals surface area contributed by atoms with E-state index in [2.05, 4.69) is 51.1 Å². The van der Waals surface area contributed by atoms with E-state index in [1.54, 1.807) is 12.4 Å². The molecular formula is C25H26FN5O. The van der Waals surface area contributed by atoms with Crippen LogP contribution in [-0.4, -0.2) is 38.7 Å². The molecule has 0 aromatic carbocycles. The minimum absolute atomic E-state index is 0.0218. The number of allylic oxidation sites excluding steroid dienone is 2. The molecular weight excluding hydrogens is 405 g/mol. The lowest BCUT2D eigenvalue weighted by atomic mass is 9.90. The average molecular weight is 432 g/mol. The molecule has 3 atom stereocenters. The lowest BCUT2D eigenvalue weighted by molar-refractivity contribution is 0.270. The van der Waals surface area contributed by atoms with Crippen molar-refractivity contribution < 1.29 is 9.50 Å². The molecule has 4 heterocycles. The zero-order valence-electron chi connectivity index (χ0n) is 17.9. The summed E-state index contributed by atoms with van der Waals surface area (Å²) in [5, 5.41) is 16.6. The van der Waals surface area contributed by atoms with Gasteiger partial charge < -0.3 is 20.1 Å². The van der Waals surface area contributed by atoms with E-state index >= 15 is 0 Å². The number of halogens is 1.